The highest BCUT2D eigenvalue weighted by atomic mass is 16.5. The summed E-state index contributed by atoms with van der Waals surface area (Å²) in [6.45, 7) is 0.594. The molecule has 1 heterocycles. The Labute approximate surface area is 264 Å². The van der Waals surface area contributed by atoms with Crippen LogP contribution in [0.25, 0.3) is 44.5 Å². The number of nitrogens with zero attached hydrogens (tertiary/aromatic N) is 1. The van der Waals surface area contributed by atoms with Crippen molar-refractivity contribution in [1.82, 2.24) is 0 Å². The summed E-state index contributed by atoms with van der Waals surface area (Å²) in [7, 11) is 0. The highest BCUT2D eigenvalue weighted by molar-refractivity contribution is 5.91. The fraction of sp³-hybridized carbons (Fsp3) is 0.0233. The van der Waals surface area contributed by atoms with E-state index in [9.17, 15) is 0 Å². The van der Waals surface area contributed by atoms with Crippen molar-refractivity contribution in [3.8, 4) is 50.3 Å². The van der Waals surface area contributed by atoms with E-state index in [1.807, 2.05) is 0 Å². The van der Waals surface area contributed by atoms with Crippen molar-refractivity contribution in [2.24, 2.45) is 0 Å². The van der Waals surface area contributed by atoms with Crippen LogP contribution in [0.3, 0.4) is 0 Å². The van der Waals surface area contributed by atoms with Gasteiger partial charge in [0.15, 0.2) is 0 Å². The Morgan fingerprint density at radius 3 is 1.64 bits per heavy atom. The lowest BCUT2D eigenvalue weighted by Gasteiger charge is -2.27. The van der Waals surface area contributed by atoms with Crippen LogP contribution >= 0.6 is 0 Å². The molecule has 0 aliphatic carbocycles. The van der Waals surface area contributed by atoms with Gasteiger partial charge in [0, 0.05) is 22.6 Å². The average molecular weight is 578 g/mol. The first-order chi connectivity index (χ1) is 22.3. The number of benzene rings is 7. The van der Waals surface area contributed by atoms with Crippen molar-refractivity contribution in [3.63, 3.8) is 0 Å². The molecule has 2 heteroatoms. The molecule has 0 aromatic heterocycles. The lowest BCUT2D eigenvalue weighted by Crippen LogP contribution is -2.10. The van der Waals surface area contributed by atoms with Crippen LogP contribution in [0.2, 0.25) is 0 Å². The molecule has 1 aliphatic rings. The molecule has 7 aromatic rings. The number of hydrogen-bond donors (Lipinski definition) is 0. The predicted molar refractivity (Wildman–Crippen MR) is 187 cm³/mol. The first-order valence-corrected chi connectivity index (χ1v) is 15.4. The van der Waals surface area contributed by atoms with Gasteiger partial charge in [0.25, 0.3) is 0 Å². The fourth-order valence-electron chi connectivity index (χ4n) is 6.36. The minimum Gasteiger partial charge on any atom is -0.488 e. The van der Waals surface area contributed by atoms with E-state index in [0.717, 1.165) is 33.9 Å². The first kappa shape index (κ1) is 26.7. The summed E-state index contributed by atoms with van der Waals surface area (Å²) >= 11 is 0. The van der Waals surface area contributed by atoms with Crippen LogP contribution in [0.1, 0.15) is 5.56 Å². The third-order valence-corrected chi connectivity index (χ3v) is 8.56. The summed E-state index contributed by atoms with van der Waals surface area (Å²) in [4.78, 5) is 2.35. The summed E-state index contributed by atoms with van der Waals surface area (Å²) in [5.41, 5.74) is 14.0. The van der Waals surface area contributed by atoms with Gasteiger partial charge in [-0.25, -0.2) is 0 Å². The van der Waals surface area contributed by atoms with E-state index in [-0.39, 0.29) is 0 Å². The van der Waals surface area contributed by atoms with E-state index in [1.54, 1.807) is 0 Å². The van der Waals surface area contributed by atoms with Crippen molar-refractivity contribution in [3.05, 3.63) is 181 Å². The van der Waals surface area contributed by atoms with Crippen LogP contribution in [0.5, 0.6) is 5.75 Å². The molecule has 1 aliphatic heterocycles. The molecule has 0 bridgehead atoms. The topological polar surface area (TPSA) is 12.5 Å². The van der Waals surface area contributed by atoms with Gasteiger partial charge in [-0.1, -0.05) is 133 Å². The fourth-order valence-corrected chi connectivity index (χ4v) is 6.36. The predicted octanol–water partition coefficient (Wildman–Crippen LogP) is 11.7. The molecule has 2 nitrogen and oxygen atoms in total. The zero-order valence-electron chi connectivity index (χ0n) is 24.8. The first-order valence-electron chi connectivity index (χ1n) is 15.4. The molecule has 0 N–H and O–H groups in total. The molecule has 0 saturated carbocycles. The lowest BCUT2D eigenvalue weighted by atomic mass is 9.89. The summed E-state index contributed by atoms with van der Waals surface area (Å²) < 4.78 is 6.22. The van der Waals surface area contributed by atoms with Gasteiger partial charge in [-0.05, 0) is 87.0 Å². The average Bonchev–Trinajstić information content (AvgIpc) is 3.13. The van der Waals surface area contributed by atoms with E-state index in [4.69, 9.17) is 4.74 Å². The Morgan fingerprint density at radius 1 is 0.378 bits per heavy atom. The number of rotatable bonds is 6. The van der Waals surface area contributed by atoms with Crippen LogP contribution in [0.15, 0.2) is 176 Å². The van der Waals surface area contributed by atoms with E-state index in [1.165, 1.54) is 38.9 Å². The van der Waals surface area contributed by atoms with Crippen LogP contribution in [0.4, 0.5) is 17.1 Å². The van der Waals surface area contributed by atoms with E-state index >= 15 is 0 Å². The molecule has 7 aromatic carbocycles. The quantitative estimate of drug-likeness (QED) is 0.195. The molecule has 0 atom stereocenters. The van der Waals surface area contributed by atoms with Crippen molar-refractivity contribution >= 4 is 17.1 Å². The zero-order valence-corrected chi connectivity index (χ0v) is 24.8. The van der Waals surface area contributed by atoms with Gasteiger partial charge in [0.1, 0.15) is 12.4 Å². The Morgan fingerprint density at radius 2 is 0.911 bits per heavy atom. The number of anilines is 3. The third-order valence-electron chi connectivity index (χ3n) is 8.56. The Kier molecular flexibility index (Phi) is 6.94. The second-order valence-electron chi connectivity index (χ2n) is 11.3. The smallest absolute Gasteiger partial charge is 0.128 e. The van der Waals surface area contributed by atoms with Crippen LogP contribution < -0.4 is 9.64 Å². The van der Waals surface area contributed by atoms with Gasteiger partial charge in [0.2, 0.25) is 0 Å². The monoisotopic (exact) mass is 577 g/mol. The summed E-state index contributed by atoms with van der Waals surface area (Å²) in [6.07, 6.45) is 0. The standard InChI is InChI=1S/C43H31NO/c1-3-12-31(13-4-1)33-24-26-37(27-25-33)44(38-19-9-17-34(28-38)32-14-5-2-6-15-32)39-20-10-18-35(29-39)40-22-11-23-42-43(40)41-21-8-7-16-36(41)30-45-42/h1-29H,30H2. The van der Waals surface area contributed by atoms with E-state index in [0.29, 0.717) is 6.61 Å². The summed E-state index contributed by atoms with van der Waals surface area (Å²) in [5.74, 6) is 0.931. The molecule has 45 heavy (non-hydrogen) atoms. The molecular formula is C43H31NO. The van der Waals surface area contributed by atoms with Gasteiger partial charge < -0.3 is 9.64 Å². The van der Waals surface area contributed by atoms with E-state index in [2.05, 4.69) is 181 Å². The van der Waals surface area contributed by atoms with Crippen molar-refractivity contribution in [2.45, 2.75) is 6.61 Å². The van der Waals surface area contributed by atoms with Crippen LogP contribution in [0, 0.1) is 0 Å². The minimum absolute atomic E-state index is 0.594. The molecule has 0 unspecified atom stereocenters. The van der Waals surface area contributed by atoms with Crippen LogP contribution in [-0.4, -0.2) is 0 Å². The lowest BCUT2D eigenvalue weighted by molar-refractivity contribution is 0.302. The molecule has 0 amide bonds. The van der Waals surface area contributed by atoms with Crippen molar-refractivity contribution < 1.29 is 4.74 Å². The van der Waals surface area contributed by atoms with Gasteiger partial charge in [-0.15, -0.1) is 0 Å². The SMILES string of the molecule is c1ccc(-c2ccc(N(c3cccc(-c4ccccc4)c3)c3cccc(-c4cccc5c4-c4ccccc4CO5)c3)cc2)cc1. The summed E-state index contributed by atoms with van der Waals surface area (Å²) in [5, 5.41) is 0. The highest BCUT2D eigenvalue weighted by Gasteiger charge is 2.22. The van der Waals surface area contributed by atoms with E-state index < -0.39 is 0 Å². The molecule has 0 fully saturated rings. The third kappa shape index (κ3) is 5.17. The maximum Gasteiger partial charge on any atom is 0.128 e. The van der Waals surface area contributed by atoms with Crippen LogP contribution in [-0.2, 0) is 6.61 Å². The number of ether oxygens (including phenoxy) is 1. The number of hydrogen-bond acceptors (Lipinski definition) is 2. The maximum atomic E-state index is 6.22. The summed E-state index contributed by atoms with van der Waals surface area (Å²) in [6, 6.07) is 62.6. The van der Waals surface area contributed by atoms with Gasteiger partial charge in [-0.3, -0.25) is 0 Å². The minimum atomic E-state index is 0.594. The van der Waals surface area contributed by atoms with Gasteiger partial charge in [0.05, 0.1) is 0 Å². The molecule has 0 radical (unpaired) electrons. The molecular weight excluding hydrogens is 546 g/mol. The Balaban J connectivity index is 1.27. The largest absolute Gasteiger partial charge is 0.488 e. The normalized spacial score (nSPS) is 11.6. The second-order valence-corrected chi connectivity index (χ2v) is 11.3. The van der Waals surface area contributed by atoms with Crippen molar-refractivity contribution in [2.75, 3.05) is 4.90 Å². The second kappa shape index (κ2) is 11.7. The molecule has 0 saturated heterocycles. The molecule has 214 valence electrons. The molecule has 0 spiro atoms. The zero-order chi connectivity index (χ0) is 30.0. The van der Waals surface area contributed by atoms with Crippen molar-refractivity contribution in [1.29, 1.82) is 0 Å². The van der Waals surface area contributed by atoms with Gasteiger partial charge in [-0.2, -0.15) is 0 Å². The number of fused-ring (bicyclic) bond motifs is 3. The molecule has 8 rings (SSSR count). The van der Waals surface area contributed by atoms with Gasteiger partial charge >= 0.3 is 0 Å². The Bertz CT molecular complexity index is 2100. The maximum absolute atomic E-state index is 6.22. The Hall–Kier alpha value is -5.86. The highest BCUT2D eigenvalue weighted by Crippen LogP contribution is 2.45.